The van der Waals surface area contributed by atoms with Gasteiger partial charge in [0.15, 0.2) is 0 Å². The van der Waals surface area contributed by atoms with E-state index in [0.717, 1.165) is 43.7 Å². The highest BCUT2D eigenvalue weighted by atomic mass is 16.4. The largest absolute Gasteiger partial charge is 0.478 e. The number of rotatable bonds is 2. The molecule has 0 atom stereocenters. The van der Waals surface area contributed by atoms with E-state index in [4.69, 9.17) is 0 Å². The first-order valence-corrected chi connectivity index (χ1v) is 8.34. The van der Waals surface area contributed by atoms with Gasteiger partial charge in [-0.05, 0) is 40.1 Å². The summed E-state index contributed by atoms with van der Waals surface area (Å²) in [4.78, 5) is 19.3. The number of aromatic nitrogens is 2. The van der Waals surface area contributed by atoms with Gasteiger partial charge in [0.1, 0.15) is 0 Å². The number of aromatic amines is 1. The van der Waals surface area contributed by atoms with Crippen molar-refractivity contribution in [2.45, 2.75) is 0 Å². The molecule has 2 N–H and O–H groups in total. The van der Waals surface area contributed by atoms with Crippen molar-refractivity contribution in [2.75, 3.05) is 0 Å². The van der Waals surface area contributed by atoms with Gasteiger partial charge in [-0.1, -0.05) is 42.5 Å². The van der Waals surface area contributed by atoms with Crippen molar-refractivity contribution in [2.24, 2.45) is 0 Å². The van der Waals surface area contributed by atoms with Gasteiger partial charge in [-0.15, -0.1) is 0 Å². The molecule has 0 aliphatic rings. The molecule has 0 amide bonds. The van der Waals surface area contributed by atoms with E-state index >= 15 is 0 Å². The molecule has 0 spiro atoms. The molecule has 0 aliphatic heterocycles. The fourth-order valence-corrected chi connectivity index (χ4v) is 3.75. The Morgan fingerprint density at radius 1 is 0.846 bits per heavy atom. The molecule has 0 radical (unpaired) electrons. The summed E-state index contributed by atoms with van der Waals surface area (Å²) in [5.74, 6) is -0.925. The van der Waals surface area contributed by atoms with Crippen molar-refractivity contribution in [3.05, 3.63) is 78.6 Å². The Morgan fingerprint density at radius 2 is 1.62 bits per heavy atom. The van der Waals surface area contributed by atoms with Gasteiger partial charge >= 0.3 is 5.97 Å². The van der Waals surface area contributed by atoms with Crippen LogP contribution in [0.1, 0.15) is 10.4 Å². The summed E-state index contributed by atoms with van der Waals surface area (Å²) in [5.41, 5.74) is 3.87. The van der Waals surface area contributed by atoms with Crippen LogP contribution >= 0.6 is 0 Å². The number of carbonyl (C=O) groups is 1. The predicted molar refractivity (Wildman–Crippen MR) is 104 cm³/mol. The number of hydrogen-bond acceptors (Lipinski definition) is 2. The van der Waals surface area contributed by atoms with E-state index in [-0.39, 0.29) is 0 Å². The first-order chi connectivity index (χ1) is 12.7. The van der Waals surface area contributed by atoms with Gasteiger partial charge in [0.2, 0.25) is 0 Å². The molecule has 4 heteroatoms. The van der Waals surface area contributed by atoms with Crippen LogP contribution in [-0.4, -0.2) is 21.0 Å². The van der Waals surface area contributed by atoms with Gasteiger partial charge in [0.05, 0.1) is 17.3 Å². The lowest BCUT2D eigenvalue weighted by molar-refractivity contribution is 0.0697. The molecule has 0 saturated carbocycles. The number of aromatic carboxylic acids is 1. The monoisotopic (exact) mass is 338 g/mol. The van der Waals surface area contributed by atoms with E-state index in [1.54, 1.807) is 18.3 Å². The van der Waals surface area contributed by atoms with E-state index in [1.807, 2.05) is 48.7 Å². The molecule has 2 aromatic heterocycles. The third-order valence-corrected chi connectivity index (χ3v) is 4.85. The zero-order valence-corrected chi connectivity index (χ0v) is 13.7. The molecule has 3 aromatic carbocycles. The minimum atomic E-state index is -0.925. The number of hydrogen-bond donors (Lipinski definition) is 2. The van der Waals surface area contributed by atoms with Crippen molar-refractivity contribution < 1.29 is 9.90 Å². The number of nitrogens with zero attached hydrogens (tertiary/aromatic N) is 1. The van der Waals surface area contributed by atoms with Crippen LogP contribution in [0.2, 0.25) is 0 Å². The van der Waals surface area contributed by atoms with E-state index in [9.17, 15) is 9.90 Å². The highest BCUT2D eigenvalue weighted by Crippen LogP contribution is 2.39. The van der Waals surface area contributed by atoms with Gasteiger partial charge < -0.3 is 10.1 Å². The number of H-pyrrole nitrogens is 1. The molecule has 124 valence electrons. The predicted octanol–water partition coefficient (Wildman–Crippen LogP) is 5.23. The molecule has 26 heavy (non-hydrogen) atoms. The number of nitrogens with one attached hydrogen (secondary N) is 1. The van der Waals surface area contributed by atoms with Gasteiger partial charge in [-0.25, -0.2) is 4.79 Å². The molecule has 0 fully saturated rings. The van der Waals surface area contributed by atoms with Crippen molar-refractivity contribution in [1.29, 1.82) is 0 Å². The Balaban J connectivity index is 1.98. The number of carboxylic acids is 1. The van der Waals surface area contributed by atoms with Crippen LogP contribution in [0, 0.1) is 0 Å². The molecular formula is C22H14N2O2. The lowest BCUT2D eigenvalue weighted by Crippen LogP contribution is -1.99. The third kappa shape index (κ3) is 2.02. The molecule has 2 heterocycles. The Hall–Kier alpha value is -3.66. The molecule has 0 saturated heterocycles. The van der Waals surface area contributed by atoms with E-state index in [2.05, 4.69) is 16.0 Å². The lowest BCUT2D eigenvalue weighted by Gasteiger charge is -2.11. The molecule has 0 unspecified atom stereocenters. The maximum atomic E-state index is 11.7. The van der Waals surface area contributed by atoms with Crippen molar-refractivity contribution >= 4 is 38.5 Å². The first kappa shape index (κ1) is 14.7. The van der Waals surface area contributed by atoms with Crippen molar-refractivity contribution in [3.8, 4) is 11.1 Å². The quantitative estimate of drug-likeness (QED) is 0.463. The van der Waals surface area contributed by atoms with Gasteiger partial charge in [0, 0.05) is 22.5 Å². The van der Waals surface area contributed by atoms with Gasteiger partial charge in [-0.3, -0.25) is 4.98 Å². The van der Waals surface area contributed by atoms with Crippen LogP contribution in [0.5, 0.6) is 0 Å². The standard InChI is InChI=1S/C22H14N2O2/c25-22(26)16-8-4-2-6-14(16)18-11-19-21(15-7-3-1-5-13(15)18)17-9-10-23-12-20(17)24-19/h1-12,24H,(H,25,26). The Bertz CT molecular complexity index is 1320. The summed E-state index contributed by atoms with van der Waals surface area (Å²) in [6.45, 7) is 0. The highest BCUT2D eigenvalue weighted by molar-refractivity contribution is 6.23. The lowest BCUT2D eigenvalue weighted by atomic mass is 9.92. The fourth-order valence-electron chi connectivity index (χ4n) is 3.75. The van der Waals surface area contributed by atoms with E-state index in [0.29, 0.717) is 5.56 Å². The van der Waals surface area contributed by atoms with Crippen LogP contribution < -0.4 is 0 Å². The minimum absolute atomic E-state index is 0.301. The Labute approximate surface area is 148 Å². The first-order valence-electron chi connectivity index (χ1n) is 8.34. The molecule has 5 aromatic rings. The van der Waals surface area contributed by atoms with E-state index in [1.165, 1.54) is 0 Å². The van der Waals surface area contributed by atoms with E-state index < -0.39 is 5.97 Å². The van der Waals surface area contributed by atoms with Crippen LogP contribution in [0.4, 0.5) is 0 Å². The van der Waals surface area contributed by atoms with Crippen LogP contribution in [-0.2, 0) is 0 Å². The second kappa shape index (κ2) is 5.43. The number of benzene rings is 3. The van der Waals surface area contributed by atoms with Gasteiger partial charge in [0.25, 0.3) is 0 Å². The zero-order valence-electron chi connectivity index (χ0n) is 13.7. The molecule has 5 rings (SSSR count). The average molecular weight is 338 g/mol. The van der Waals surface area contributed by atoms with Crippen LogP contribution in [0.15, 0.2) is 73.1 Å². The maximum Gasteiger partial charge on any atom is 0.336 e. The molecule has 4 nitrogen and oxygen atoms in total. The average Bonchev–Trinajstić information content (AvgIpc) is 3.06. The van der Waals surface area contributed by atoms with Gasteiger partial charge in [-0.2, -0.15) is 0 Å². The van der Waals surface area contributed by atoms with Crippen LogP contribution in [0.25, 0.3) is 43.7 Å². The second-order valence-electron chi connectivity index (χ2n) is 6.29. The Kier molecular flexibility index (Phi) is 3.06. The smallest absolute Gasteiger partial charge is 0.336 e. The minimum Gasteiger partial charge on any atom is -0.478 e. The molecule has 0 aliphatic carbocycles. The number of pyridine rings is 1. The summed E-state index contributed by atoms with van der Waals surface area (Å²) < 4.78 is 0. The highest BCUT2D eigenvalue weighted by Gasteiger charge is 2.16. The third-order valence-electron chi connectivity index (χ3n) is 4.85. The summed E-state index contributed by atoms with van der Waals surface area (Å²) in [6, 6.07) is 19.3. The SMILES string of the molecule is O=C(O)c1ccccc1-c1cc2[nH]c3cnccc3c2c2ccccc12. The fraction of sp³-hybridized carbons (Fsp3) is 0. The Morgan fingerprint density at radius 3 is 2.46 bits per heavy atom. The summed E-state index contributed by atoms with van der Waals surface area (Å²) in [7, 11) is 0. The number of carboxylic acid groups (broad SMARTS) is 1. The topological polar surface area (TPSA) is 66.0 Å². The number of fused-ring (bicyclic) bond motifs is 5. The van der Waals surface area contributed by atoms with Crippen molar-refractivity contribution in [3.63, 3.8) is 0 Å². The molecule has 0 bridgehead atoms. The summed E-state index contributed by atoms with van der Waals surface area (Å²) in [6.07, 6.45) is 3.60. The normalized spacial score (nSPS) is 11.4. The summed E-state index contributed by atoms with van der Waals surface area (Å²) >= 11 is 0. The van der Waals surface area contributed by atoms with Crippen LogP contribution in [0.3, 0.4) is 0 Å². The zero-order chi connectivity index (χ0) is 17.7. The molecular weight excluding hydrogens is 324 g/mol. The summed E-state index contributed by atoms with van der Waals surface area (Å²) in [5, 5.41) is 14.0. The maximum absolute atomic E-state index is 11.7. The second-order valence-corrected chi connectivity index (χ2v) is 6.29. The van der Waals surface area contributed by atoms with Crippen molar-refractivity contribution in [1.82, 2.24) is 9.97 Å².